The SMILES string of the molecule is CCCCC(=O)OC1(O)N(O)c2cc(F)c(F)c(O)c2N1O. The molecule has 1 heterocycles. The van der Waals surface area contributed by atoms with Crippen LogP contribution in [0, 0.1) is 11.6 Å². The zero-order chi connectivity index (χ0) is 16.7. The van der Waals surface area contributed by atoms with Crippen LogP contribution in [-0.2, 0) is 9.53 Å². The summed E-state index contributed by atoms with van der Waals surface area (Å²) in [4.78, 5) is 11.6. The van der Waals surface area contributed by atoms with E-state index in [1.807, 2.05) is 0 Å². The molecular weight excluding hydrogens is 306 g/mol. The van der Waals surface area contributed by atoms with Crippen LogP contribution in [0.5, 0.6) is 5.75 Å². The van der Waals surface area contributed by atoms with Crippen molar-refractivity contribution in [3.63, 3.8) is 0 Å². The lowest BCUT2D eigenvalue weighted by Crippen LogP contribution is -2.58. The van der Waals surface area contributed by atoms with E-state index in [9.17, 15) is 34.2 Å². The molecule has 1 unspecified atom stereocenters. The minimum absolute atomic E-state index is 0.120. The van der Waals surface area contributed by atoms with Gasteiger partial charge in [0.15, 0.2) is 11.6 Å². The number of esters is 1. The van der Waals surface area contributed by atoms with Crippen molar-refractivity contribution in [2.45, 2.75) is 32.2 Å². The Morgan fingerprint density at radius 1 is 1.36 bits per heavy atom. The molecule has 1 aliphatic heterocycles. The zero-order valence-electron chi connectivity index (χ0n) is 11.5. The fraction of sp³-hybridized carbons (Fsp3) is 0.417. The molecule has 0 radical (unpaired) electrons. The zero-order valence-corrected chi connectivity index (χ0v) is 11.5. The number of phenolic OH excluding ortho intramolecular Hbond substituents is 1. The summed E-state index contributed by atoms with van der Waals surface area (Å²) >= 11 is 0. The van der Waals surface area contributed by atoms with Gasteiger partial charge in [-0.1, -0.05) is 13.3 Å². The first-order chi connectivity index (χ1) is 10.2. The Hall–Kier alpha value is -2.17. The predicted molar refractivity (Wildman–Crippen MR) is 67.1 cm³/mol. The lowest BCUT2D eigenvalue weighted by atomic mass is 10.2. The summed E-state index contributed by atoms with van der Waals surface area (Å²) in [6.07, 6.45) is 0.954. The predicted octanol–water partition coefficient (Wildman–Crippen LogP) is 1.41. The number of benzene rings is 1. The van der Waals surface area contributed by atoms with E-state index in [1.54, 1.807) is 6.92 Å². The number of aromatic hydroxyl groups is 1. The Kier molecular flexibility index (Phi) is 4.09. The summed E-state index contributed by atoms with van der Waals surface area (Å²) in [5, 5.41) is 38.7. The number of carbonyl (C=O) groups excluding carboxylic acids is 1. The average Bonchev–Trinajstić information content (AvgIpc) is 2.65. The van der Waals surface area contributed by atoms with Gasteiger partial charge in [0.25, 0.3) is 0 Å². The third kappa shape index (κ3) is 2.30. The van der Waals surface area contributed by atoms with Crippen LogP contribution in [0.4, 0.5) is 20.2 Å². The lowest BCUT2D eigenvalue weighted by Gasteiger charge is -2.31. The third-order valence-electron chi connectivity index (χ3n) is 3.12. The van der Waals surface area contributed by atoms with E-state index in [1.165, 1.54) is 0 Å². The number of carbonyl (C=O) groups is 1. The van der Waals surface area contributed by atoms with E-state index in [0.29, 0.717) is 18.9 Å². The van der Waals surface area contributed by atoms with Crippen LogP contribution >= 0.6 is 0 Å². The second kappa shape index (κ2) is 5.55. The van der Waals surface area contributed by atoms with Gasteiger partial charge in [0.2, 0.25) is 5.82 Å². The largest absolute Gasteiger partial charge is 0.503 e. The van der Waals surface area contributed by atoms with E-state index in [-0.39, 0.29) is 16.5 Å². The van der Waals surface area contributed by atoms with Crippen molar-refractivity contribution in [2.75, 3.05) is 10.1 Å². The first-order valence-electron chi connectivity index (χ1n) is 6.37. The summed E-state index contributed by atoms with van der Waals surface area (Å²) in [6.45, 7) is 1.80. The minimum atomic E-state index is -3.15. The summed E-state index contributed by atoms with van der Waals surface area (Å²) in [7, 11) is 0. The van der Waals surface area contributed by atoms with E-state index < -0.39 is 40.8 Å². The Labute approximate surface area is 123 Å². The van der Waals surface area contributed by atoms with Gasteiger partial charge in [0, 0.05) is 12.5 Å². The number of hydroxylamine groups is 2. The fourth-order valence-electron chi connectivity index (χ4n) is 1.96. The van der Waals surface area contributed by atoms with Gasteiger partial charge >= 0.3 is 12.0 Å². The smallest absolute Gasteiger partial charge is 0.434 e. The average molecular weight is 320 g/mol. The van der Waals surface area contributed by atoms with Gasteiger partial charge in [-0.2, -0.15) is 14.5 Å². The van der Waals surface area contributed by atoms with Crippen LogP contribution in [0.3, 0.4) is 0 Å². The van der Waals surface area contributed by atoms with E-state index in [2.05, 4.69) is 4.74 Å². The Morgan fingerprint density at radius 3 is 2.59 bits per heavy atom. The molecule has 4 N–H and O–H groups in total. The van der Waals surface area contributed by atoms with Crippen molar-refractivity contribution in [1.82, 2.24) is 0 Å². The van der Waals surface area contributed by atoms with Crippen LogP contribution < -0.4 is 10.1 Å². The normalized spacial score (nSPS) is 20.3. The van der Waals surface area contributed by atoms with Gasteiger partial charge in [-0.25, -0.2) is 4.39 Å². The van der Waals surface area contributed by atoms with Crippen molar-refractivity contribution in [2.24, 2.45) is 0 Å². The second-order valence-corrected chi connectivity index (χ2v) is 4.66. The molecule has 0 spiro atoms. The minimum Gasteiger partial charge on any atom is -0.503 e. The number of fused-ring (bicyclic) bond motifs is 1. The number of rotatable bonds is 4. The standard InChI is InChI=1S/C12H14F2N2O6/c1-2-3-4-8(17)22-12(19)15(20)7-5-6(13)9(14)11(18)10(7)16(12)21/h5,18-21H,2-4H2,1H3. The molecule has 0 aliphatic carbocycles. The first kappa shape index (κ1) is 16.2. The van der Waals surface area contributed by atoms with Gasteiger partial charge in [0.05, 0.1) is 0 Å². The molecule has 122 valence electrons. The molecule has 0 saturated heterocycles. The number of phenols is 1. The highest BCUT2D eigenvalue weighted by Crippen LogP contribution is 2.49. The van der Waals surface area contributed by atoms with Crippen molar-refractivity contribution in [3.05, 3.63) is 17.7 Å². The number of hydrogen-bond donors (Lipinski definition) is 4. The Balaban J connectivity index is 2.37. The maximum Gasteiger partial charge on any atom is 0.434 e. The van der Waals surface area contributed by atoms with E-state index >= 15 is 0 Å². The van der Waals surface area contributed by atoms with Crippen molar-refractivity contribution in [3.8, 4) is 5.75 Å². The molecule has 1 aliphatic rings. The number of ether oxygens (including phenoxy) is 1. The number of hydrogen-bond acceptors (Lipinski definition) is 8. The molecule has 2 rings (SSSR count). The number of unbranched alkanes of at least 4 members (excludes halogenated alkanes) is 1. The van der Waals surface area contributed by atoms with Gasteiger partial charge in [-0.15, -0.1) is 0 Å². The molecule has 0 saturated carbocycles. The summed E-state index contributed by atoms with van der Waals surface area (Å²) in [6, 6.07) is -2.74. The van der Waals surface area contributed by atoms with Gasteiger partial charge in [-0.3, -0.25) is 15.2 Å². The Morgan fingerprint density at radius 2 is 2.00 bits per heavy atom. The van der Waals surface area contributed by atoms with E-state index in [0.717, 1.165) is 0 Å². The molecule has 10 heteroatoms. The Bertz CT molecular complexity index is 614. The molecule has 1 atom stereocenters. The maximum absolute atomic E-state index is 13.3. The number of anilines is 2. The molecule has 8 nitrogen and oxygen atoms in total. The summed E-state index contributed by atoms with van der Waals surface area (Å²) in [5.41, 5.74) is -1.54. The molecule has 0 bridgehead atoms. The van der Waals surface area contributed by atoms with Crippen LogP contribution in [0.25, 0.3) is 0 Å². The van der Waals surface area contributed by atoms with Crippen molar-refractivity contribution < 1.29 is 38.9 Å². The first-order valence-corrected chi connectivity index (χ1v) is 6.37. The van der Waals surface area contributed by atoms with Gasteiger partial charge in [0.1, 0.15) is 11.4 Å². The highest BCUT2D eigenvalue weighted by Gasteiger charge is 2.55. The van der Waals surface area contributed by atoms with Gasteiger partial charge in [-0.05, 0) is 6.42 Å². The lowest BCUT2D eigenvalue weighted by molar-refractivity contribution is -0.249. The van der Waals surface area contributed by atoms with Crippen LogP contribution in [-0.4, -0.2) is 32.6 Å². The maximum atomic E-state index is 13.3. The molecule has 0 amide bonds. The van der Waals surface area contributed by atoms with Crippen molar-refractivity contribution in [1.29, 1.82) is 0 Å². The quantitative estimate of drug-likeness (QED) is 0.486. The van der Waals surface area contributed by atoms with E-state index in [4.69, 9.17) is 0 Å². The van der Waals surface area contributed by atoms with Gasteiger partial charge < -0.3 is 14.9 Å². The number of halogens is 2. The molecule has 0 fully saturated rings. The molecule has 0 aromatic heterocycles. The molecule has 1 aromatic carbocycles. The number of aliphatic hydroxyl groups is 1. The fourth-order valence-corrected chi connectivity index (χ4v) is 1.96. The highest BCUT2D eigenvalue weighted by atomic mass is 19.2. The number of nitrogens with zero attached hydrogens (tertiary/aromatic N) is 2. The van der Waals surface area contributed by atoms with Crippen LogP contribution in [0.2, 0.25) is 0 Å². The molecule has 22 heavy (non-hydrogen) atoms. The topological polar surface area (TPSA) is 114 Å². The molecular formula is C12H14F2N2O6. The van der Waals surface area contributed by atoms with Crippen LogP contribution in [0.1, 0.15) is 26.2 Å². The monoisotopic (exact) mass is 320 g/mol. The second-order valence-electron chi connectivity index (χ2n) is 4.66. The summed E-state index contributed by atoms with van der Waals surface area (Å²) < 4.78 is 31.1. The van der Waals surface area contributed by atoms with Crippen molar-refractivity contribution >= 4 is 17.3 Å². The summed E-state index contributed by atoms with van der Waals surface area (Å²) in [5.74, 6) is -5.58. The van der Waals surface area contributed by atoms with Crippen LogP contribution in [0.15, 0.2) is 6.07 Å². The third-order valence-corrected chi connectivity index (χ3v) is 3.12. The highest BCUT2D eigenvalue weighted by molar-refractivity contribution is 5.82. The molecule has 1 aromatic rings.